The Labute approximate surface area is 147 Å². The van der Waals surface area contributed by atoms with Crippen molar-refractivity contribution >= 4 is 28.2 Å². The number of fused-ring (bicyclic) bond motifs is 1. The summed E-state index contributed by atoms with van der Waals surface area (Å²) >= 11 is 1.53. The van der Waals surface area contributed by atoms with Crippen LogP contribution in [0.15, 0.2) is 22.1 Å². The SMILES string of the molecule is O=C(O)C1=C(C(=O)Nc2sc3c(c2-c2ncon2)CCCC3)CCC1. The number of carboxylic acids is 1. The highest BCUT2D eigenvalue weighted by Crippen LogP contribution is 2.43. The fraction of sp³-hybridized carbons (Fsp3) is 0.412. The Kier molecular flexibility index (Phi) is 4.12. The molecule has 0 fully saturated rings. The first kappa shape index (κ1) is 16.0. The van der Waals surface area contributed by atoms with Gasteiger partial charge in [-0.3, -0.25) is 4.79 Å². The highest BCUT2D eigenvalue weighted by molar-refractivity contribution is 7.17. The maximum absolute atomic E-state index is 12.7. The third-order valence-corrected chi connectivity index (χ3v) is 5.94. The van der Waals surface area contributed by atoms with Crippen molar-refractivity contribution in [3.05, 3.63) is 28.0 Å². The Morgan fingerprint density at radius 1 is 1.12 bits per heavy atom. The molecule has 7 nitrogen and oxygen atoms in total. The lowest BCUT2D eigenvalue weighted by Crippen LogP contribution is -2.16. The van der Waals surface area contributed by atoms with Gasteiger partial charge in [-0.2, -0.15) is 4.98 Å². The molecule has 2 N–H and O–H groups in total. The van der Waals surface area contributed by atoms with Crippen LogP contribution >= 0.6 is 11.3 Å². The number of aromatic nitrogens is 2. The van der Waals surface area contributed by atoms with Crippen molar-refractivity contribution in [2.24, 2.45) is 0 Å². The summed E-state index contributed by atoms with van der Waals surface area (Å²) in [7, 11) is 0. The lowest BCUT2D eigenvalue weighted by atomic mass is 9.95. The van der Waals surface area contributed by atoms with Crippen molar-refractivity contribution in [3.8, 4) is 11.4 Å². The quantitative estimate of drug-likeness (QED) is 0.868. The predicted octanol–water partition coefficient (Wildman–Crippen LogP) is 3.18. The summed E-state index contributed by atoms with van der Waals surface area (Å²) in [5, 5.41) is 16.8. The molecule has 25 heavy (non-hydrogen) atoms. The van der Waals surface area contributed by atoms with Crippen LogP contribution < -0.4 is 5.32 Å². The molecule has 4 rings (SSSR count). The van der Waals surface area contributed by atoms with E-state index in [-0.39, 0.29) is 11.5 Å². The molecule has 2 aromatic rings. The number of carbonyl (C=O) groups is 2. The van der Waals surface area contributed by atoms with Crippen molar-refractivity contribution in [2.45, 2.75) is 44.9 Å². The Morgan fingerprint density at radius 3 is 2.68 bits per heavy atom. The molecule has 1 amide bonds. The zero-order valence-electron chi connectivity index (χ0n) is 13.5. The van der Waals surface area contributed by atoms with Crippen molar-refractivity contribution in [2.75, 3.05) is 5.32 Å². The van der Waals surface area contributed by atoms with E-state index in [9.17, 15) is 14.7 Å². The number of anilines is 1. The molecule has 0 spiro atoms. The van der Waals surface area contributed by atoms with Crippen LogP contribution in [-0.2, 0) is 22.4 Å². The van der Waals surface area contributed by atoms with Gasteiger partial charge in [0.2, 0.25) is 12.2 Å². The predicted molar refractivity (Wildman–Crippen MR) is 91.4 cm³/mol. The Hall–Kier alpha value is -2.48. The van der Waals surface area contributed by atoms with Gasteiger partial charge >= 0.3 is 5.97 Å². The first-order chi connectivity index (χ1) is 12.1. The smallest absolute Gasteiger partial charge is 0.332 e. The average Bonchev–Trinajstić information content (AvgIpc) is 3.33. The van der Waals surface area contributed by atoms with Crippen LogP contribution in [-0.4, -0.2) is 27.1 Å². The summed E-state index contributed by atoms with van der Waals surface area (Å²) in [6.45, 7) is 0. The largest absolute Gasteiger partial charge is 0.478 e. The number of amides is 1. The van der Waals surface area contributed by atoms with E-state index in [1.165, 1.54) is 28.2 Å². The molecule has 0 bridgehead atoms. The van der Waals surface area contributed by atoms with Crippen molar-refractivity contribution in [1.82, 2.24) is 10.1 Å². The van der Waals surface area contributed by atoms with Gasteiger partial charge in [-0.1, -0.05) is 5.16 Å². The summed E-state index contributed by atoms with van der Waals surface area (Å²) in [4.78, 5) is 29.4. The molecule has 0 saturated heterocycles. The van der Waals surface area contributed by atoms with E-state index >= 15 is 0 Å². The first-order valence-electron chi connectivity index (χ1n) is 8.33. The molecular formula is C17H17N3O4S. The number of nitrogens with one attached hydrogen (secondary N) is 1. The number of nitrogens with zero attached hydrogens (tertiary/aromatic N) is 2. The molecule has 0 radical (unpaired) electrons. The molecule has 0 aromatic carbocycles. The molecule has 0 unspecified atom stereocenters. The zero-order chi connectivity index (χ0) is 17.4. The lowest BCUT2D eigenvalue weighted by molar-refractivity contribution is -0.133. The number of carbonyl (C=O) groups excluding carboxylic acids is 1. The van der Waals surface area contributed by atoms with Gasteiger partial charge in [0, 0.05) is 16.0 Å². The second-order valence-corrected chi connectivity index (χ2v) is 7.34. The van der Waals surface area contributed by atoms with Gasteiger partial charge in [-0.15, -0.1) is 11.3 Å². The van der Waals surface area contributed by atoms with E-state index in [4.69, 9.17) is 4.52 Å². The Morgan fingerprint density at radius 2 is 1.92 bits per heavy atom. The van der Waals surface area contributed by atoms with Crippen LogP contribution in [0.5, 0.6) is 0 Å². The maximum Gasteiger partial charge on any atom is 0.332 e. The van der Waals surface area contributed by atoms with E-state index in [0.717, 1.165) is 31.2 Å². The minimum atomic E-state index is -1.01. The molecule has 0 aliphatic heterocycles. The number of thiophene rings is 1. The molecule has 2 aromatic heterocycles. The van der Waals surface area contributed by atoms with Crippen molar-refractivity contribution in [3.63, 3.8) is 0 Å². The summed E-state index contributed by atoms with van der Waals surface area (Å²) in [5.41, 5.74) is 2.59. The Bertz CT molecular complexity index is 867. The van der Waals surface area contributed by atoms with Gasteiger partial charge in [0.25, 0.3) is 5.91 Å². The van der Waals surface area contributed by atoms with Crippen LogP contribution in [0.2, 0.25) is 0 Å². The van der Waals surface area contributed by atoms with E-state index in [1.807, 2.05) is 0 Å². The summed E-state index contributed by atoms with van der Waals surface area (Å²) in [5.74, 6) is -0.877. The minimum Gasteiger partial charge on any atom is -0.478 e. The highest BCUT2D eigenvalue weighted by Gasteiger charge is 2.29. The minimum absolute atomic E-state index is 0.222. The second kappa shape index (κ2) is 6.44. The molecule has 0 saturated carbocycles. The molecule has 2 aliphatic carbocycles. The number of aryl methyl sites for hydroxylation is 1. The molecule has 2 aliphatic rings. The second-order valence-electron chi connectivity index (χ2n) is 6.24. The molecule has 0 atom stereocenters. The number of carboxylic acid groups (broad SMARTS) is 1. The summed E-state index contributed by atoms with van der Waals surface area (Å²) < 4.78 is 4.88. The summed E-state index contributed by atoms with van der Waals surface area (Å²) in [6, 6.07) is 0. The van der Waals surface area contributed by atoms with Gasteiger partial charge in [0.1, 0.15) is 5.00 Å². The van der Waals surface area contributed by atoms with Gasteiger partial charge in [0.05, 0.1) is 5.56 Å². The third kappa shape index (κ3) is 2.86. The van der Waals surface area contributed by atoms with Crippen LogP contribution in [0.1, 0.15) is 42.5 Å². The van der Waals surface area contributed by atoms with Gasteiger partial charge in [0.15, 0.2) is 0 Å². The van der Waals surface area contributed by atoms with E-state index in [0.29, 0.717) is 35.7 Å². The van der Waals surface area contributed by atoms with Gasteiger partial charge < -0.3 is 14.9 Å². The van der Waals surface area contributed by atoms with Gasteiger partial charge in [-0.25, -0.2) is 4.79 Å². The average molecular weight is 359 g/mol. The topological polar surface area (TPSA) is 105 Å². The molecule has 8 heteroatoms. The fourth-order valence-electron chi connectivity index (χ4n) is 3.58. The van der Waals surface area contributed by atoms with Crippen LogP contribution in [0.3, 0.4) is 0 Å². The maximum atomic E-state index is 12.7. The Balaban J connectivity index is 1.71. The monoisotopic (exact) mass is 359 g/mol. The molecule has 130 valence electrons. The third-order valence-electron chi connectivity index (χ3n) is 4.73. The van der Waals surface area contributed by atoms with Crippen molar-refractivity contribution in [1.29, 1.82) is 0 Å². The van der Waals surface area contributed by atoms with E-state index < -0.39 is 5.97 Å². The number of hydrogen-bond donors (Lipinski definition) is 2. The number of rotatable bonds is 4. The first-order valence-corrected chi connectivity index (χ1v) is 9.14. The number of hydrogen-bond acceptors (Lipinski definition) is 6. The van der Waals surface area contributed by atoms with Crippen molar-refractivity contribution < 1.29 is 19.2 Å². The van der Waals surface area contributed by atoms with E-state index in [2.05, 4.69) is 15.5 Å². The highest BCUT2D eigenvalue weighted by atomic mass is 32.1. The lowest BCUT2D eigenvalue weighted by Gasteiger charge is -2.11. The summed E-state index contributed by atoms with van der Waals surface area (Å²) in [6.07, 6.45) is 7.03. The van der Waals surface area contributed by atoms with Crippen LogP contribution in [0, 0.1) is 0 Å². The van der Waals surface area contributed by atoms with Gasteiger partial charge in [-0.05, 0) is 50.5 Å². The zero-order valence-corrected chi connectivity index (χ0v) is 14.3. The number of aliphatic carboxylic acids is 1. The standard InChI is InChI=1S/C17H17N3O4S/c21-15(9-5-3-6-10(9)17(22)23)19-16-13(14-18-8-24-20-14)11-4-1-2-7-12(11)25-16/h8H,1-7H2,(H,19,21)(H,22,23). The van der Waals surface area contributed by atoms with Crippen LogP contribution in [0.4, 0.5) is 5.00 Å². The molecular weight excluding hydrogens is 342 g/mol. The fourth-order valence-corrected chi connectivity index (χ4v) is 4.86. The van der Waals surface area contributed by atoms with E-state index in [1.54, 1.807) is 0 Å². The normalized spacial score (nSPS) is 16.8. The molecule has 2 heterocycles. The van der Waals surface area contributed by atoms with Crippen LogP contribution in [0.25, 0.3) is 11.4 Å².